The van der Waals surface area contributed by atoms with Crippen LogP contribution in [0.3, 0.4) is 0 Å². The molecule has 4 rings (SSSR count). The summed E-state index contributed by atoms with van der Waals surface area (Å²) >= 11 is 1.80. The normalized spacial score (nSPS) is 19.5. The zero-order valence-electron chi connectivity index (χ0n) is 20.4. The van der Waals surface area contributed by atoms with Crippen molar-refractivity contribution in [3.63, 3.8) is 0 Å². The van der Waals surface area contributed by atoms with Crippen LogP contribution < -0.4 is 0 Å². The summed E-state index contributed by atoms with van der Waals surface area (Å²) in [4.78, 5) is 40.7. The largest absolute Gasteiger partial charge is 0.490 e. The number of aryl methyl sites for hydroxylation is 1. The molecule has 0 bridgehead atoms. The van der Waals surface area contributed by atoms with E-state index in [0.717, 1.165) is 38.5 Å². The summed E-state index contributed by atoms with van der Waals surface area (Å²) < 4.78 is 69.5. The summed E-state index contributed by atoms with van der Waals surface area (Å²) in [6.45, 7) is 6.98. The van der Waals surface area contributed by atoms with E-state index in [2.05, 4.69) is 27.4 Å². The average molecular weight is 586 g/mol. The van der Waals surface area contributed by atoms with Crippen molar-refractivity contribution >= 4 is 29.2 Å². The predicted octanol–water partition coefficient (Wildman–Crippen LogP) is 3.69. The lowest BCUT2D eigenvalue weighted by Crippen LogP contribution is -2.33. The number of aliphatic carboxylic acids is 2. The highest BCUT2D eigenvalue weighted by molar-refractivity contribution is 7.09. The average Bonchev–Trinajstić information content (AvgIpc) is 3.44. The molecule has 0 aromatic carbocycles. The number of carboxylic acid groups (broad SMARTS) is 2. The number of pyridine rings is 1. The van der Waals surface area contributed by atoms with E-state index in [9.17, 15) is 31.1 Å². The molecule has 16 heteroatoms. The van der Waals surface area contributed by atoms with Gasteiger partial charge in [-0.05, 0) is 30.5 Å². The Hall–Kier alpha value is -3.24. The summed E-state index contributed by atoms with van der Waals surface area (Å²) in [5, 5.41) is 16.4. The fraction of sp³-hybridized carbons (Fsp3) is 0.478. The van der Waals surface area contributed by atoms with Crippen molar-refractivity contribution in [2.45, 2.75) is 31.9 Å². The molecule has 2 atom stereocenters. The lowest BCUT2D eigenvalue weighted by molar-refractivity contribution is -0.193. The van der Waals surface area contributed by atoms with Gasteiger partial charge in [-0.2, -0.15) is 26.3 Å². The number of likely N-dealkylation sites (tertiary alicyclic amines) is 1. The Morgan fingerprint density at radius 3 is 2.13 bits per heavy atom. The van der Waals surface area contributed by atoms with Gasteiger partial charge in [0.05, 0.1) is 12.7 Å². The molecule has 2 saturated heterocycles. The standard InChI is InChI=1S/C19H23N3O2S.2C2HF3O2/c1-14-4-2-6-17(20-14)19(23)22-11-15-10-21(7-8-24-18(15)13-22)12-16-5-3-9-25-16;2*3-2(4,5)1(6)7/h2-6,9,15,18H,7-8,10-13H2,1H3;2*(H,6,7)/t15-,18+;;/m0../s1. The Morgan fingerprint density at radius 1 is 1.00 bits per heavy atom. The van der Waals surface area contributed by atoms with Crippen LogP contribution in [0.5, 0.6) is 0 Å². The Morgan fingerprint density at radius 2 is 1.62 bits per heavy atom. The van der Waals surface area contributed by atoms with Crippen molar-refractivity contribution < 1.29 is 55.7 Å². The summed E-state index contributed by atoms with van der Waals surface area (Å²) in [6, 6.07) is 9.89. The maximum absolute atomic E-state index is 12.8. The van der Waals surface area contributed by atoms with Crippen LogP contribution in [0.15, 0.2) is 35.7 Å². The first-order valence-electron chi connectivity index (χ1n) is 11.3. The number of ether oxygens (including phenoxy) is 1. The highest BCUT2D eigenvalue weighted by atomic mass is 32.1. The number of hydrogen-bond acceptors (Lipinski definition) is 7. The van der Waals surface area contributed by atoms with Gasteiger partial charge in [-0.1, -0.05) is 12.1 Å². The number of hydrogen-bond donors (Lipinski definition) is 2. The second kappa shape index (κ2) is 13.7. The fourth-order valence-corrected chi connectivity index (χ4v) is 4.46. The highest BCUT2D eigenvalue weighted by Crippen LogP contribution is 2.26. The van der Waals surface area contributed by atoms with Gasteiger partial charge in [0.2, 0.25) is 0 Å². The molecule has 0 saturated carbocycles. The van der Waals surface area contributed by atoms with Crippen LogP contribution in [0.2, 0.25) is 0 Å². The van der Waals surface area contributed by atoms with Crippen molar-refractivity contribution in [3.05, 3.63) is 52.0 Å². The van der Waals surface area contributed by atoms with Crippen LogP contribution in [0.1, 0.15) is 21.1 Å². The summed E-state index contributed by atoms with van der Waals surface area (Å²) in [5.41, 5.74) is 1.41. The molecule has 2 aromatic heterocycles. The predicted molar refractivity (Wildman–Crippen MR) is 125 cm³/mol. The molecule has 1 amide bonds. The highest BCUT2D eigenvalue weighted by Gasteiger charge is 2.40. The zero-order valence-corrected chi connectivity index (χ0v) is 21.2. The number of halogens is 6. The minimum atomic E-state index is -5.08. The maximum Gasteiger partial charge on any atom is 0.490 e. The van der Waals surface area contributed by atoms with E-state index in [1.807, 2.05) is 24.0 Å². The zero-order chi connectivity index (χ0) is 29.4. The molecule has 0 aliphatic carbocycles. The summed E-state index contributed by atoms with van der Waals surface area (Å²) in [6.07, 6.45) is -10.0. The molecule has 39 heavy (non-hydrogen) atoms. The van der Waals surface area contributed by atoms with Crippen molar-refractivity contribution in [1.29, 1.82) is 0 Å². The Labute approximate surface area is 222 Å². The lowest BCUT2D eigenvalue weighted by atomic mass is 10.1. The Kier molecular flexibility index (Phi) is 11.2. The summed E-state index contributed by atoms with van der Waals surface area (Å²) in [5.74, 6) is -5.12. The number of fused-ring (bicyclic) bond motifs is 1. The number of aromatic nitrogens is 1. The van der Waals surface area contributed by atoms with Gasteiger partial charge in [0.15, 0.2) is 0 Å². The van der Waals surface area contributed by atoms with E-state index in [1.54, 1.807) is 17.4 Å². The van der Waals surface area contributed by atoms with Crippen molar-refractivity contribution in [1.82, 2.24) is 14.8 Å². The van der Waals surface area contributed by atoms with Gasteiger partial charge in [0, 0.05) is 49.2 Å². The third-order valence-electron chi connectivity index (χ3n) is 5.45. The van der Waals surface area contributed by atoms with Gasteiger partial charge in [-0.15, -0.1) is 11.3 Å². The first-order chi connectivity index (χ1) is 18.1. The molecule has 2 aliphatic rings. The van der Waals surface area contributed by atoms with E-state index in [0.29, 0.717) is 18.2 Å². The van der Waals surface area contributed by atoms with Gasteiger partial charge in [0.1, 0.15) is 5.69 Å². The Bertz CT molecular complexity index is 1090. The van der Waals surface area contributed by atoms with E-state index in [-0.39, 0.29) is 12.0 Å². The molecule has 216 valence electrons. The van der Waals surface area contributed by atoms with Crippen molar-refractivity contribution in [2.24, 2.45) is 5.92 Å². The van der Waals surface area contributed by atoms with E-state index in [4.69, 9.17) is 24.5 Å². The van der Waals surface area contributed by atoms with Crippen LogP contribution in [0.4, 0.5) is 26.3 Å². The van der Waals surface area contributed by atoms with E-state index >= 15 is 0 Å². The molecule has 2 aliphatic heterocycles. The molecule has 2 aromatic rings. The smallest absolute Gasteiger partial charge is 0.475 e. The van der Waals surface area contributed by atoms with Crippen LogP contribution in [0.25, 0.3) is 0 Å². The van der Waals surface area contributed by atoms with E-state index < -0.39 is 24.3 Å². The number of carbonyl (C=O) groups excluding carboxylic acids is 1. The van der Waals surface area contributed by atoms with Gasteiger partial charge in [-0.25, -0.2) is 14.6 Å². The second-order valence-electron chi connectivity index (χ2n) is 8.46. The number of carbonyl (C=O) groups is 3. The number of amides is 1. The number of alkyl halides is 6. The molecular formula is C23H25F6N3O6S. The van der Waals surface area contributed by atoms with Crippen molar-refractivity contribution in [2.75, 3.05) is 32.8 Å². The van der Waals surface area contributed by atoms with Gasteiger partial charge >= 0.3 is 24.3 Å². The monoisotopic (exact) mass is 585 g/mol. The molecule has 0 spiro atoms. The minimum absolute atomic E-state index is 0.0187. The molecule has 4 heterocycles. The first kappa shape index (κ1) is 32.0. The third kappa shape index (κ3) is 10.4. The maximum atomic E-state index is 12.8. The van der Waals surface area contributed by atoms with Gasteiger partial charge in [0.25, 0.3) is 5.91 Å². The van der Waals surface area contributed by atoms with Gasteiger partial charge < -0.3 is 19.8 Å². The number of rotatable bonds is 3. The van der Waals surface area contributed by atoms with E-state index in [1.165, 1.54) is 4.88 Å². The van der Waals surface area contributed by atoms with Crippen LogP contribution in [0, 0.1) is 12.8 Å². The number of thiophene rings is 1. The minimum Gasteiger partial charge on any atom is -0.475 e. The molecule has 2 fully saturated rings. The molecule has 9 nitrogen and oxygen atoms in total. The fourth-order valence-electron chi connectivity index (χ4n) is 3.72. The molecular weight excluding hydrogens is 560 g/mol. The van der Waals surface area contributed by atoms with Crippen LogP contribution in [-0.2, 0) is 20.9 Å². The third-order valence-corrected chi connectivity index (χ3v) is 6.31. The summed E-state index contributed by atoms with van der Waals surface area (Å²) in [7, 11) is 0. The van der Waals surface area contributed by atoms with Gasteiger partial charge in [-0.3, -0.25) is 9.69 Å². The second-order valence-corrected chi connectivity index (χ2v) is 9.50. The van der Waals surface area contributed by atoms with Crippen molar-refractivity contribution in [3.8, 4) is 0 Å². The quantitative estimate of drug-likeness (QED) is 0.524. The SMILES string of the molecule is Cc1cccc(C(=O)N2C[C@@H]3CN(Cc4cccs4)CCO[C@@H]3C2)n1.O=C(O)C(F)(F)F.O=C(O)C(F)(F)F. The molecule has 0 unspecified atom stereocenters. The lowest BCUT2D eigenvalue weighted by Gasteiger charge is -2.22. The first-order valence-corrected chi connectivity index (χ1v) is 12.2. The molecule has 2 N–H and O–H groups in total. The Balaban J connectivity index is 0.000000317. The van der Waals surface area contributed by atoms with Crippen LogP contribution in [-0.4, -0.2) is 94.1 Å². The number of carboxylic acids is 2. The van der Waals surface area contributed by atoms with Crippen LogP contribution >= 0.6 is 11.3 Å². The number of nitrogens with zero attached hydrogens (tertiary/aromatic N) is 3. The topological polar surface area (TPSA) is 120 Å². The molecule has 0 radical (unpaired) electrons.